The van der Waals surface area contributed by atoms with Gasteiger partial charge in [0.2, 0.25) is 5.91 Å². The molecule has 6 heteroatoms. The number of amides is 1. The predicted octanol–water partition coefficient (Wildman–Crippen LogP) is 6.87. The average molecular weight is 472 g/mol. The quantitative estimate of drug-likeness (QED) is 0.284. The van der Waals surface area contributed by atoms with Crippen molar-refractivity contribution in [2.24, 2.45) is 0 Å². The molecule has 0 saturated heterocycles. The summed E-state index contributed by atoms with van der Waals surface area (Å²) in [6.07, 6.45) is 3.33. The molecule has 0 radical (unpaired) electrons. The van der Waals surface area contributed by atoms with Crippen LogP contribution < -0.4 is 19.5 Å². The Hall–Kier alpha value is -4.19. The summed E-state index contributed by atoms with van der Waals surface area (Å²) < 4.78 is 22.4. The zero-order valence-electron chi connectivity index (χ0n) is 20.6. The number of anilines is 1. The zero-order valence-corrected chi connectivity index (χ0v) is 20.6. The van der Waals surface area contributed by atoms with Gasteiger partial charge in [-0.25, -0.2) is 0 Å². The van der Waals surface area contributed by atoms with Gasteiger partial charge in [-0.1, -0.05) is 12.1 Å². The van der Waals surface area contributed by atoms with Gasteiger partial charge in [0.1, 0.15) is 22.8 Å². The maximum absolute atomic E-state index is 12.8. The molecule has 180 valence electrons. The standard InChI is InChI=1S/C29H29NO5/c1-6-34-23-13-9-21(10-14-23)30-27(31)15-18(2)24-16-25-26(20-7-11-22(32-4)12-8-20)17-35-29(25)19(3)28(24)33-5/h7-17H,6H2,1-5H3,(H,30,31)/b18-15+. The molecule has 0 bridgehead atoms. The smallest absolute Gasteiger partial charge is 0.248 e. The fourth-order valence-electron chi connectivity index (χ4n) is 4.12. The molecule has 0 atom stereocenters. The number of ether oxygens (including phenoxy) is 3. The van der Waals surface area contributed by atoms with Crippen molar-refractivity contribution in [3.63, 3.8) is 0 Å². The minimum atomic E-state index is -0.228. The van der Waals surface area contributed by atoms with Gasteiger partial charge < -0.3 is 23.9 Å². The Kier molecular flexibility index (Phi) is 7.11. The molecule has 4 rings (SSSR count). The van der Waals surface area contributed by atoms with Crippen LogP contribution in [0.2, 0.25) is 0 Å². The summed E-state index contributed by atoms with van der Waals surface area (Å²) in [7, 11) is 3.27. The number of nitrogens with one attached hydrogen (secondary N) is 1. The third-order valence-electron chi connectivity index (χ3n) is 5.85. The highest BCUT2D eigenvalue weighted by Gasteiger charge is 2.19. The second kappa shape index (κ2) is 10.4. The highest BCUT2D eigenvalue weighted by atomic mass is 16.5. The first-order valence-corrected chi connectivity index (χ1v) is 11.4. The minimum Gasteiger partial charge on any atom is -0.497 e. The number of rotatable bonds is 8. The molecule has 1 amide bonds. The fraction of sp³-hybridized carbons (Fsp3) is 0.207. The fourth-order valence-corrected chi connectivity index (χ4v) is 4.12. The van der Waals surface area contributed by atoms with Crippen LogP contribution in [0.25, 0.3) is 27.7 Å². The molecule has 0 fully saturated rings. The Bertz CT molecular complexity index is 1370. The van der Waals surface area contributed by atoms with Crippen LogP contribution in [0.4, 0.5) is 5.69 Å². The first-order chi connectivity index (χ1) is 16.9. The maximum Gasteiger partial charge on any atom is 0.248 e. The Morgan fingerprint density at radius 3 is 2.31 bits per heavy atom. The molecule has 3 aromatic carbocycles. The van der Waals surface area contributed by atoms with Crippen molar-refractivity contribution in [1.82, 2.24) is 0 Å². The lowest BCUT2D eigenvalue weighted by Crippen LogP contribution is -2.08. The molecule has 1 N–H and O–H groups in total. The van der Waals surface area contributed by atoms with Crippen molar-refractivity contribution < 1.29 is 23.4 Å². The molecular formula is C29H29NO5. The average Bonchev–Trinajstić information content (AvgIpc) is 3.29. The van der Waals surface area contributed by atoms with E-state index >= 15 is 0 Å². The van der Waals surface area contributed by atoms with Gasteiger partial charge in [-0.05, 0) is 74.4 Å². The molecule has 4 aromatic rings. The maximum atomic E-state index is 12.8. The van der Waals surface area contributed by atoms with Gasteiger partial charge >= 0.3 is 0 Å². The lowest BCUT2D eigenvalue weighted by Gasteiger charge is -2.13. The predicted molar refractivity (Wildman–Crippen MR) is 139 cm³/mol. The van der Waals surface area contributed by atoms with Gasteiger partial charge in [-0.15, -0.1) is 0 Å². The van der Waals surface area contributed by atoms with Crippen LogP contribution in [-0.2, 0) is 4.79 Å². The molecule has 1 aromatic heterocycles. The zero-order chi connectivity index (χ0) is 24.9. The van der Waals surface area contributed by atoms with E-state index in [9.17, 15) is 4.79 Å². The first kappa shape index (κ1) is 24.0. The second-order valence-electron chi connectivity index (χ2n) is 8.11. The number of furan rings is 1. The van der Waals surface area contributed by atoms with Crippen molar-refractivity contribution in [2.45, 2.75) is 20.8 Å². The summed E-state index contributed by atoms with van der Waals surface area (Å²) in [4.78, 5) is 12.8. The monoisotopic (exact) mass is 471 g/mol. The number of allylic oxidation sites excluding steroid dienone is 1. The molecule has 1 heterocycles. The van der Waals surface area contributed by atoms with Gasteiger partial charge in [0.05, 0.1) is 27.1 Å². The number of hydrogen-bond donors (Lipinski definition) is 1. The lowest BCUT2D eigenvalue weighted by atomic mass is 9.96. The number of methoxy groups -OCH3 is 2. The van der Waals surface area contributed by atoms with Gasteiger partial charge in [-0.3, -0.25) is 4.79 Å². The Labute approximate surface area is 205 Å². The number of carbonyl (C=O) groups is 1. The molecule has 0 aliphatic heterocycles. The van der Waals surface area contributed by atoms with E-state index in [4.69, 9.17) is 18.6 Å². The Balaban J connectivity index is 1.68. The summed E-state index contributed by atoms with van der Waals surface area (Å²) in [6, 6.07) is 17.1. The number of aryl methyl sites for hydroxylation is 1. The van der Waals surface area contributed by atoms with E-state index in [0.717, 1.165) is 50.3 Å². The summed E-state index contributed by atoms with van der Waals surface area (Å²) >= 11 is 0. The number of benzene rings is 3. The van der Waals surface area contributed by atoms with E-state index in [2.05, 4.69) is 5.32 Å². The molecular weight excluding hydrogens is 442 g/mol. The highest BCUT2D eigenvalue weighted by molar-refractivity contribution is 6.06. The minimum absolute atomic E-state index is 0.228. The van der Waals surface area contributed by atoms with Gasteiger partial charge in [0.15, 0.2) is 0 Å². The van der Waals surface area contributed by atoms with E-state index in [1.54, 1.807) is 26.6 Å². The Morgan fingerprint density at radius 1 is 1.00 bits per heavy atom. The molecule has 6 nitrogen and oxygen atoms in total. The lowest BCUT2D eigenvalue weighted by molar-refractivity contribution is -0.111. The van der Waals surface area contributed by atoms with Crippen LogP contribution in [0.3, 0.4) is 0 Å². The molecule has 0 aliphatic carbocycles. The number of carbonyl (C=O) groups excluding carboxylic acids is 1. The van der Waals surface area contributed by atoms with Crippen LogP contribution in [0, 0.1) is 6.92 Å². The van der Waals surface area contributed by atoms with Gasteiger partial charge in [0, 0.05) is 33.8 Å². The van der Waals surface area contributed by atoms with Crippen LogP contribution in [0.1, 0.15) is 25.0 Å². The molecule has 0 saturated carbocycles. The topological polar surface area (TPSA) is 69.9 Å². The van der Waals surface area contributed by atoms with Gasteiger partial charge in [-0.2, -0.15) is 0 Å². The highest BCUT2D eigenvalue weighted by Crippen LogP contribution is 2.40. The summed E-state index contributed by atoms with van der Waals surface area (Å²) in [5.74, 6) is 2.00. The van der Waals surface area contributed by atoms with E-state index in [1.165, 1.54) is 0 Å². The summed E-state index contributed by atoms with van der Waals surface area (Å²) in [5.41, 5.74) is 5.89. The van der Waals surface area contributed by atoms with Crippen molar-refractivity contribution in [1.29, 1.82) is 0 Å². The van der Waals surface area contributed by atoms with Crippen LogP contribution >= 0.6 is 0 Å². The van der Waals surface area contributed by atoms with Crippen LogP contribution in [0.15, 0.2) is 71.4 Å². The first-order valence-electron chi connectivity index (χ1n) is 11.4. The molecule has 0 unspecified atom stereocenters. The third-order valence-corrected chi connectivity index (χ3v) is 5.85. The largest absolute Gasteiger partial charge is 0.497 e. The van der Waals surface area contributed by atoms with E-state index in [-0.39, 0.29) is 5.91 Å². The summed E-state index contributed by atoms with van der Waals surface area (Å²) in [6.45, 7) is 6.38. The molecule has 0 spiro atoms. The van der Waals surface area contributed by atoms with E-state index in [1.807, 2.05) is 75.4 Å². The summed E-state index contributed by atoms with van der Waals surface area (Å²) in [5, 5.41) is 3.85. The van der Waals surface area contributed by atoms with Crippen molar-refractivity contribution in [3.05, 3.63) is 78.1 Å². The van der Waals surface area contributed by atoms with Crippen molar-refractivity contribution >= 4 is 28.1 Å². The van der Waals surface area contributed by atoms with Crippen LogP contribution in [0.5, 0.6) is 17.2 Å². The van der Waals surface area contributed by atoms with E-state index in [0.29, 0.717) is 18.0 Å². The van der Waals surface area contributed by atoms with Crippen molar-refractivity contribution in [2.75, 3.05) is 26.1 Å². The van der Waals surface area contributed by atoms with Gasteiger partial charge in [0.25, 0.3) is 0 Å². The molecule has 0 aliphatic rings. The number of fused-ring (bicyclic) bond motifs is 1. The SMILES string of the molecule is CCOc1ccc(NC(=O)/C=C(\C)c2cc3c(-c4ccc(OC)cc4)coc3c(C)c2OC)cc1. The normalized spacial score (nSPS) is 11.4. The second-order valence-corrected chi connectivity index (χ2v) is 8.11. The van der Waals surface area contributed by atoms with Crippen LogP contribution in [-0.4, -0.2) is 26.7 Å². The molecule has 35 heavy (non-hydrogen) atoms. The Morgan fingerprint density at radius 2 is 1.69 bits per heavy atom. The third kappa shape index (κ3) is 5.01. The van der Waals surface area contributed by atoms with Crippen molar-refractivity contribution in [3.8, 4) is 28.4 Å². The van der Waals surface area contributed by atoms with E-state index < -0.39 is 0 Å². The number of hydrogen-bond acceptors (Lipinski definition) is 5.